The maximum atomic E-state index is 9.85. The Morgan fingerprint density at radius 2 is 1.73 bits per heavy atom. The predicted molar refractivity (Wildman–Crippen MR) is 85.7 cm³/mol. The summed E-state index contributed by atoms with van der Waals surface area (Å²) in [4.78, 5) is 0. The van der Waals surface area contributed by atoms with E-state index in [-0.39, 0.29) is 13.2 Å². The maximum Gasteiger partial charge on any atom is 0.114 e. The number of aliphatic hydroxyl groups excluding tert-OH is 3. The molecule has 1 aliphatic rings. The molecule has 22 heavy (non-hydrogen) atoms. The topological polar surface area (TPSA) is 79.2 Å². The summed E-state index contributed by atoms with van der Waals surface area (Å²) in [7, 11) is 0. The number of ether oxygens (including phenoxy) is 2. The highest BCUT2D eigenvalue weighted by Crippen LogP contribution is 2.18. The highest BCUT2D eigenvalue weighted by molar-refractivity contribution is 4.87. The van der Waals surface area contributed by atoms with Crippen LogP contribution in [0.15, 0.2) is 12.7 Å². The lowest BCUT2D eigenvalue weighted by Crippen LogP contribution is -2.40. The normalized spacial score (nSPS) is 26.2. The van der Waals surface area contributed by atoms with Crippen LogP contribution in [0.4, 0.5) is 0 Å². The molecule has 0 aliphatic carbocycles. The van der Waals surface area contributed by atoms with Crippen LogP contribution in [0.1, 0.15) is 51.4 Å². The molecule has 1 fully saturated rings. The van der Waals surface area contributed by atoms with E-state index >= 15 is 0 Å². The molecule has 130 valence electrons. The zero-order chi connectivity index (χ0) is 16.2. The Morgan fingerprint density at radius 1 is 1.09 bits per heavy atom. The van der Waals surface area contributed by atoms with Crippen LogP contribution < -0.4 is 0 Å². The smallest absolute Gasteiger partial charge is 0.114 e. The summed E-state index contributed by atoms with van der Waals surface area (Å²) in [6, 6.07) is 0. The minimum Gasteiger partial charge on any atom is -0.388 e. The van der Waals surface area contributed by atoms with Crippen molar-refractivity contribution in [3.8, 4) is 0 Å². The van der Waals surface area contributed by atoms with Crippen LogP contribution in [0.25, 0.3) is 0 Å². The molecule has 0 aromatic rings. The minimum absolute atomic E-state index is 0.0652. The van der Waals surface area contributed by atoms with Gasteiger partial charge in [-0.25, -0.2) is 0 Å². The summed E-state index contributed by atoms with van der Waals surface area (Å²) >= 11 is 0. The third kappa shape index (κ3) is 7.70. The van der Waals surface area contributed by atoms with Gasteiger partial charge in [-0.2, -0.15) is 0 Å². The fraction of sp³-hybridized carbons (Fsp3) is 0.882. The molecule has 0 saturated carbocycles. The molecule has 0 bridgehead atoms. The van der Waals surface area contributed by atoms with Gasteiger partial charge in [-0.05, 0) is 19.3 Å². The molecule has 1 rings (SSSR count). The van der Waals surface area contributed by atoms with Gasteiger partial charge in [-0.1, -0.05) is 38.2 Å². The molecule has 5 heteroatoms. The van der Waals surface area contributed by atoms with Crippen molar-refractivity contribution in [2.45, 2.75) is 75.8 Å². The van der Waals surface area contributed by atoms with Crippen LogP contribution in [0.2, 0.25) is 0 Å². The van der Waals surface area contributed by atoms with Crippen LogP contribution >= 0.6 is 0 Å². The van der Waals surface area contributed by atoms with Crippen molar-refractivity contribution in [2.24, 2.45) is 0 Å². The number of hydrogen-bond donors (Lipinski definition) is 3. The van der Waals surface area contributed by atoms with E-state index in [1.54, 1.807) is 0 Å². The molecule has 3 N–H and O–H groups in total. The first kappa shape index (κ1) is 19.6. The number of unbranched alkanes of at least 4 members (excludes halogenated alkanes) is 7. The van der Waals surface area contributed by atoms with Gasteiger partial charge < -0.3 is 24.8 Å². The number of aliphatic hydroxyl groups is 3. The van der Waals surface area contributed by atoms with Gasteiger partial charge in [-0.15, -0.1) is 6.58 Å². The third-order valence-electron chi connectivity index (χ3n) is 4.06. The molecule has 1 heterocycles. The molecule has 0 spiro atoms. The van der Waals surface area contributed by atoms with Crippen LogP contribution in [0.3, 0.4) is 0 Å². The first-order chi connectivity index (χ1) is 10.7. The summed E-state index contributed by atoms with van der Waals surface area (Å²) in [5.74, 6) is 0. The molecule has 0 amide bonds. The van der Waals surface area contributed by atoms with Crippen molar-refractivity contribution in [1.82, 2.24) is 0 Å². The second kappa shape index (κ2) is 12.0. The zero-order valence-electron chi connectivity index (χ0n) is 13.5. The molecule has 0 unspecified atom stereocenters. The third-order valence-corrected chi connectivity index (χ3v) is 4.06. The van der Waals surface area contributed by atoms with E-state index in [4.69, 9.17) is 9.47 Å². The van der Waals surface area contributed by atoms with Gasteiger partial charge in [0.05, 0.1) is 13.2 Å². The summed E-state index contributed by atoms with van der Waals surface area (Å²) in [5, 5.41) is 28.8. The Kier molecular flexibility index (Phi) is 10.7. The van der Waals surface area contributed by atoms with E-state index < -0.39 is 24.4 Å². The Bertz CT molecular complexity index is 284. The van der Waals surface area contributed by atoms with Crippen LogP contribution in [-0.4, -0.2) is 59.6 Å². The first-order valence-electron chi connectivity index (χ1n) is 8.51. The molecule has 0 aromatic carbocycles. The van der Waals surface area contributed by atoms with E-state index in [2.05, 4.69) is 6.58 Å². The fourth-order valence-corrected chi connectivity index (χ4v) is 2.64. The van der Waals surface area contributed by atoms with E-state index in [0.29, 0.717) is 6.61 Å². The highest BCUT2D eigenvalue weighted by atomic mass is 16.5. The number of allylic oxidation sites excluding steroid dienone is 1. The van der Waals surface area contributed by atoms with Crippen molar-refractivity contribution in [2.75, 3.05) is 19.8 Å². The maximum absolute atomic E-state index is 9.85. The Labute approximate surface area is 133 Å². The Hall–Kier alpha value is -0.460. The summed E-state index contributed by atoms with van der Waals surface area (Å²) in [6.07, 6.45) is 7.93. The second-order valence-corrected chi connectivity index (χ2v) is 6.05. The molecular weight excluding hydrogens is 284 g/mol. The van der Waals surface area contributed by atoms with Crippen molar-refractivity contribution < 1.29 is 24.8 Å². The van der Waals surface area contributed by atoms with E-state index in [1.165, 1.54) is 32.1 Å². The Balaban J connectivity index is 1.88. The minimum atomic E-state index is -1.03. The molecule has 4 atom stereocenters. The van der Waals surface area contributed by atoms with Gasteiger partial charge in [0.1, 0.15) is 24.4 Å². The summed E-state index contributed by atoms with van der Waals surface area (Å²) in [6.45, 7) is 4.53. The van der Waals surface area contributed by atoms with Crippen molar-refractivity contribution in [3.05, 3.63) is 12.7 Å². The van der Waals surface area contributed by atoms with E-state index in [1.807, 2.05) is 6.08 Å². The van der Waals surface area contributed by atoms with Crippen molar-refractivity contribution in [3.63, 3.8) is 0 Å². The number of rotatable bonds is 13. The summed E-state index contributed by atoms with van der Waals surface area (Å²) in [5.41, 5.74) is 0. The van der Waals surface area contributed by atoms with Crippen LogP contribution in [0, 0.1) is 0 Å². The average molecular weight is 316 g/mol. The molecule has 0 radical (unpaired) electrons. The lowest BCUT2D eigenvalue weighted by Gasteiger charge is -2.20. The second-order valence-electron chi connectivity index (χ2n) is 6.05. The first-order valence-corrected chi connectivity index (χ1v) is 8.51. The molecule has 1 aliphatic heterocycles. The molecule has 0 aromatic heterocycles. The average Bonchev–Trinajstić information content (AvgIpc) is 2.84. The summed E-state index contributed by atoms with van der Waals surface area (Å²) < 4.78 is 10.6. The van der Waals surface area contributed by atoms with Gasteiger partial charge in [0, 0.05) is 6.61 Å². The molecule has 1 saturated heterocycles. The van der Waals surface area contributed by atoms with Gasteiger partial charge >= 0.3 is 0 Å². The molecular formula is C17H32O5. The number of hydrogen-bond acceptors (Lipinski definition) is 5. The van der Waals surface area contributed by atoms with Gasteiger partial charge in [-0.3, -0.25) is 0 Å². The quantitative estimate of drug-likeness (QED) is 0.357. The zero-order valence-corrected chi connectivity index (χ0v) is 13.5. The molecule has 5 nitrogen and oxygen atoms in total. The van der Waals surface area contributed by atoms with Gasteiger partial charge in [0.25, 0.3) is 0 Å². The SMILES string of the molecule is C=CCCCCCCCCCOC[C@H](O)[C@@H]1OC[C@@H](O)[C@@H]1O. The highest BCUT2D eigenvalue weighted by Gasteiger charge is 2.39. The Morgan fingerprint density at radius 3 is 2.32 bits per heavy atom. The van der Waals surface area contributed by atoms with Crippen LogP contribution in [-0.2, 0) is 9.47 Å². The monoisotopic (exact) mass is 316 g/mol. The lowest BCUT2D eigenvalue weighted by molar-refractivity contribution is -0.0813. The van der Waals surface area contributed by atoms with Crippen molar-refractivity contribution in [1.29, 1.82) is 0 Å². The van der Waals surface area contributed by atoms with Gasteiger partial charge in [0.2, 0.25) is 0 Å². The van der Waals surface area contributed by atoms with E-state index in [9.17, 15) is 15.3 Å². The van der Waals surface area contributed by atoms with E-state index in [0.717, 1.165) is 19.3 Å². The largest absolute Gasteiger partial charge is 0.388 e. The van der Waals surface area contributed by atoms with Crippen molar-refractivity contribution >= 4 is 0 Å². The predicted octanol–water partition coefficient (Wildman–Crippen LogP) is 1.79. The lowest BCUT2D eigenvalue weighted by atomic mass is 10.1. The van der Waals surface area contributed by atoms with Crippen LogP contribution in [0.5, 0.6) is 0 Å². The fourth-order valence-electron chi connectivity index (χ4n) is 2.64. The van der Waals surface area contributed by atoms with Gasteiger partial charge in [0.15, 0.2) is 0 Å². The standard InChI is InChI=1S/C17H32O5/c1-2-3-4-5-6-7-8-9-10-11-21-12-15(19)17-16(20)14(18)13-22-17/h2,14-20H,1,3-13H2/t14-,15+,16+,17+/m1/s1.